The molecule has 4 heterocycles. The Morgan fingerprint density at radius 3 is 1.44 bits per heavy atom. The third-order valence-electron chi connectivity index (χ3n) is 11.5. The minimum atomic E-state index is 0.962. The molecule has 0 atom stereocenters. The summed E-state index contributed by atoms with van der Waals surface area (Å²) in [5.41, 5.74) is 13.6. The zero-order valence-corrected chi connectivity index (χ0v) is 31.6. The van der Waals surface area contributed by atoms with Crippen molar-refractivity contribution in [2.45, 2.75) is 0 Å². The molecular formula is C53H33N3S. The van der Waals surface area contributed by atoms with Gasteiger partial charge >= 0.3 is 0 Å². The van der Waals surface area contributed by atoms with Gasteiger partial charge in [0.2, 0.25) is 0 Å². The van der Waals surface area contributed by atoms with Crippen LogP contribution >= 0.6 is 11.3 Å². The van der Waals surface area contributed by atoms with Crippen molar-refractivity contribution >= 4 is 75.1 Å². The maximum Gasteiger partial charge on any atom is 0.0727 e. The molecule has 12 rings (SSSR count). The lowest BCUT2D eigenvalue weighted by molar-refractivity contribution is 1.18. The van der Waals surface area contributed by atoms with E-state index in [2.05, 4.69) is 209 Å². The topological polar surface area (TPSA) is 22.8 Å². The SMILES string of the molecule is c1ccc(-c2cc(-c3ccc(-n4c5ccccc5c5c6c7ccccc7n(-c7ccccc7)c6c6sc7ccccc7c6c54)cc3)cc(-c3ccccc3)n2)cc1. The van der Waals surface area contributed by atoms with Crippen molar-refractivity contribution in [2.75, 3.05) is 0 Å². The molecule has 0 saturated heterocycles. The first kappa shape index (κ1) is 32.0. The molecule has 0 aliphatic rings. The molecule has 0 amide bonds. The quantitative estimate of drug-likeness (QED) is 0.172. The van der Waals surface area contributed by atoms with Gasteiger partial charge in [-0.2, -0.15) is 0 Å². The third-order valence-corrected chi connectivity index (χ3v) is 12.7. The molecule has 3 nitrogen and oxygen atoms in total. The Kier molecular flexibility index (Phi) is 7.10. The number of hydrogen-bond donors (Lipinski definition) is 0. The first-order chi connectivity index (χ1) is 28.3. The largest absolute Gasteiger partial charge is 0.309 e. The van der Waals surface area contributed by atoms with Gasteiger partial charge < -0.3 is 9.13 Å². The normalized spacial score (nSPS) is 11.9. The fraction of sp³-hybridized carbons (Fsp3) is 0. The maximum atomic E-state index is 5.14. The summed E-state index contributed by atoms with van der Waals surface area (Å²) in [6.45, 7) is 0. The van der Waals surface area contributed by atoms with Gasteiger partial charge in [-0.05, 0) is 65.7 Å². The van der Waals surface area contributed by atoms with E-state index in [0.717, 1.165) is 39.3 Å². The molecule has 57 heavy (non-hydrogen) atoms. The van der Waals surface area contributed by atoms with Crippen LogP contribution < -0.4 is 0 Å². The molecule has 0 spiro atoms. The van der Waals surface area contributed by atoms with Crippen molar-refractivity contribution in [3.63, 3.8) is 0 Å². The minimum absolute atomic E-state index is 0.962. The van der Waals surface area contributed by atoms with E-state index in [1.807, 2.05) is 11.3 Å². The highest BCUT2D eigenvalue weighted by Gasteiger charge is 2.26. The molecule has 0 aliphatic heterocycles. The first-order valence-electron chi connectivity index (χ1n) is 19.4. The van der Waals surface area contributed by atoms with Gasteiger partial charge in [0.15, 0.2) is 0 Å². The van der Waals surface area contributed by atoms with Gasteiger partial charge in [-0.25, -0.2) is 4.98 Å². The lowest BCUT2D eigenvalue weighted by atomic mass is 9.99. The maximum absolute atomic E-state index is 5.14. The van der Waals surface area contributed by atoms with Crippen LogP contribution in [0.4, 0.5) is 0 Å². The number of hydrogen-bond acceptors (Lipinski definition) is 2. The zero-order chi connectivity index (χ0) is 37.5. The van der Waals surface area contributed by atoms with Gasteiger partial charge in [0.05, 0.1) is 38.2 Å². The smallest absolute Gasteiger partial charge is 0.0727 e. The average Bonchev–Trinajstić information content (AvgIpc) is 3.95. The summed E-state index contributed by atoms with van der Waals surface area (Å²) in [4.78, 5) is 5.14. The Hall–Kier alpha value is -7.27. The van der Waals surface area contributed by atoms with Crippen LogP contribution in [0.1, 0.15) is 0 Å². The summed E-state index contributed by atoms with van der Waals surface area (Å²) in [6, 6.07) is 72.2. The third kappa shape index (κ3) is 4.88. The van der Waals surface area contributed by atoms with Crippen molar-refractivity contribution < 1.29 is 0 Å². The van der Waals surface area contributed by atoms with Gasteiger partial charge in [-0.1, -0.05) is 146 Å². The second kappa shape index (κ2) is 12.6. The Balaban J connectivity index is 1.16. The van der Waals surface area contributed by atoms with E-state index in [1.165, 1.54) is 69.5 Å². The van der Waals surface area contributed by atoms with E-state index in [9.17, 15) is 0 Å². The second-order valence-corrected chi connectivity index (χ2v) is 15.7. The van der Waals surface area contributed by atoms with Crippen molar-refractivity contribution in [3.05, 3.63) is 200 Å². The molecule has 0 radical (unpaired) electrons. The Morgan fingerprint density at radius 1 is 0.351 bits per heavy atom. The van der Waals surface area contributed by atoms with E-state index in [-0.39, 0.29) is 0 Å². The number of benzene rings is 8. The van der Waals surface area contributed by atoms with E-state index in [1.54, 1.807) is 0 Å². The number of fused-ring (bicyclic) bond motifs is 12. The van der Waals surface area contributed by atoms with Crippen molar-refractivity contribution in [1.29, 1.82) is 0 Å². The van der Waals surface area contributed by atoms with E-state index >= 15 is 0 Å². The standard InChI is InChI=1S/C53H33N3S/c1-4-16-35(17-5-1)43-32-37(33-44(54-43)36-18-6-2-7-19-36)34-28-30-39(31-29-34)55-45-25-13-10-22-40(45)48-49-41-23-11-14-26-46(41)56(38-20-8-3-9-21-38)52(49)53-50(51(48)55)42-24-12-15-27-47(42)57-53/h1-33H. The molecule has 0 aliphatic carbocycles. The number of thiophene rings is 1. The van der Waals surface area contributed by atoms with Crippen LogP contribution in [0, 0.1) is 0 Å². The Labute approximate surface area is 333 Å². The number of para-hydroxylation sites is 3. The molecule has 0 N–H and O–H groups in total. The van der Waals surface area contributed by atoms with Crippen LogP contribution in [0.3, 0.4) is 0 Å². The molecule has 0 fully saturated rings. The fourth-order valence-corrected chi connectivity index (χ4v) is 10.3. The van der Waals surface area contributed by atoms with E-state index in [4.69, 9.17) is 4.98 Å². The number of nitrogens with zero attached hydrogens (tertiary/aromatic N) is 3. The van der Waals surface area contributed by atoms with Crippen LogP contribution in [-0.4, -0.2) is 14.1 Å². The molecule has 0 bridgehead atoms. The lowest BCUT2D eigenvalue weighted by Gasteiger charge is -2.13. The van der Waals surface area contributed by atoms with Gasteiger partial charge in [0, 0.05) is 59.5 Å². The van der Waals surface area contributed by atoms with Crippen LogP contribution in [0.25, 0.3) is 109 Å². The van der Waals surface area contributed by atoms with Gasteiger partial charge in [-0.3, -0.25) is 0 Å². The summed E-state index contributed by atoms with van der Waals surface area (Å²) in [6.07, 6.45) is 0. The van der Waals surface area contributed by atoms with Crippen LogP contribution in [0.2, 0.25) is 0 Å². The lowest BCUT2D eigenvalue weighted by Crippen LogP contribution is -1.96. The molecule has 266 valence electrons. The number of rotatable bonds is 5. The molecular weight excluding hydrogens is 711 g/mol. The van der Waals surface area contributed by atoms with Crippen LogP contribution in [-0.2, 0) is 0 Å². The second-order valence-electron chi connectivity index (χ2n) is 14.7. The molecule has 0 unspecified atom stereocenters. The van der Waals surface area contributed by atoms with Gasteiger partial charge in [0.25, 0.3) is 0 Å². The number of pyridine rings is 1. The fourth-order valence-electron chi connectivity index (χ4n) is 9.01. The first-order valence-corrected chi connectivity index (χ1v) is 20.2. The van der Waals surface area contributed by atoms with Crippen molar-refractivity contribution in [1.82, 2.24) is 14.1 Å². The number of aromatic nitrogens is 3. The molecule has 4 aromatic heterocycles. The van der Waals surface area contributed by atoms with Gasteiger partial charge in [-0.15, -0.1) is 11.3 Å². The highest BCUT2D eigenvalue weighted by Crippen LogP contribution is 2.51. The Bertz CT molecular complexity index is 3430. The summed E-state index contributed by atoms with van der Waals surface area (Å²) in [5.74, 6) is 0. The molecule has 0 saturated carbocycles. The molecule has 8 aromatic carbocycles. The zero-order valence-electron chi connectivity index (χ0n) is 30.8. The highest BCUT2D eigenvalue weighted by atomic mass is 32.1. The monoisotopic (exact) mass is 743 g/mol. The van der Waals surface area contributed by atoms with Gasteiger partial charge in [0.1, 0.15) is 0 Å². The molecule has 4 heteroatoms. The predicted molar refractivity (Wildman–Crippen MR) is 242 cm³/mol. The van der Waals surface area contributed by atoms with Crippen molar-refractivity contribution in [3.8, 4) is 45.0 Å². The Morgan fingerprint density at radius 2 is 0.825 bits per heavy atom. The highest BCUT2D eigenvalue weighted by molar-refractivity contribution is 7.27. The van der Waals surface area contributed by atoms with E-state index in [0.29, 0.717) is 0 Å². The van der Waals surface area contributed by atoms with Crippen LogP contribution in [0.15, 0.2) is 200 Å². The van der Waals surface area contributed by atoms with Crippen molar-refractivity contribution in [2.24, 2.45) is 0 Å². The predicted octanol–water partition coefficient (Wildman–Crippen LogP) is 14.6. The summed E-state index contributed by atoms with van der Waals surface area (Å²) in [5, 5.41) is 7.69. The van der Waals surface area contributed by atoms with Crippen LogP contribution in [0.5, 0.6) is 0 Å². The summed E-state index contributed by atoms with van der Waals surface area (Å²) in [7, 11) is 0. The summed E-state index contributed by atoms with van der Waals surface area (Å²) >= 11 is 1.90. The average molecular weight is 744 g/mol. The minimum Gasteiger partial charge on any atom is -0.309 e. The van der Waals surface area contributed by atoms with E-state index < -0.39 is 0 Å². The molecule has 12 aromatic rings. The summed E-state index contributed by atoms with van der Waals surface area (Å²) < 4.78 is 7.60.